The van der Waals surface area contributed by atoms with Gasteiger partial charge in [0.05, 0.1) is 24.5 Å². The fourth-order valence-corrected chi connectivity index (χ4v) is 2.94. The van der Waals surface area contributed by atoms with Gasteiger partial charge in [0.2, 0.25) is 0 Å². The topological polar surface area (TPSA) is 53.1 Å². The van der Waals surface area contributed by atoms with Crippen LogP contribution in [-0.4, -0.2) is 33.5 Å². The Hall–Kier alpha value is -0.680. The molecule has 2 atom stereocenters. The molecule has 1 aromatic rings. The second-order valence-electron chi connectivity index (χ2n) is 3.81. The minimum Gasteiger partial charge on any atom is -0.396 e. The van der Waals surface area contributed by atoms with Gasteiger partial charge < -0.3 is 10.5 Å². The molecule has 1 aromatic heterocycles. The predicted octanol–water partition coefficient (Wildman–Crippen LogP) is 1.38. The standard InChI is InChI=1S/C10H17N3OS/c1-8-10(2-4-14-8)15-5-3-13-7-9(11)6-12-13/h6-8,10H,2-5,11H2,1H3. The molecule has 15 heavy (non-hydrogen) atoms. The van der Waals surface area contributed by atoms with Crippen molar-refractivity contribution in [1.29, 1.82) is 0 Å². The Balaban J connectivity index is 1.70. The normalized spacial score (nSPS) is 25.9. The number of rotatable bonds is 4. The van der Waals surface area contributed by atoms with Crippen LogP contribution in [0.2, 0.25) is 0 Å². The number of aromatic nitrogens is 2. The molecule has 0 aromatic carbocycles. The second-order valence-corrected chi connectivity index (χ2v) is 5.16. The monoisotopic (exact) mass is 227 g/mol. The average Bonchev–Trinajstić information content (AvgIpc) is 2.77. The number of hydrogen-bond acceptors (Lipinski definition) is 4. The van der Waals surface area contributed by atoms with Gasteiger partial charge in [0.15, 0.2) is 0 Å². The number of ether oxygens (including phenoxy) is 1. The van der Waals surface area contributed by atoms with Crippen LogP contribution in [0.3, 0.4) is 0 Å². The van der Waals surface area contributed by atoms with Crippen LogP contribution < -0.4 is 5.73 Å². The van der Waals surface area contributed by atoms with Crippen molar-refractivity contribution in [1.82, 2.24) is 9.78 Å². The van der Waals surface area contributed by atoms with E-state index in [9.17, 15) is 0 Å². The van der Waals surface area contributed by atoms with Crippen LogP contribution in [0.15, 0.2) is 12.4 Å². The fraction of sp³-hybridized carbons (Fsp3) is 0.700. The van der Waals surface area contributed by atoms with Gasteiger partial charge in [-0.15, -0.1) is 0 Å². The largest absolute Gasteiger partial charge is 0.396 e. The molecular formula is C10H17N3OS. The van der Waals surface area contributed by atoms with E-state index in [0.29, 0.717) is 11.4 Å². The molecule has 0 saturated carbocycles. The molecule has 0 radical (unpaired) electrons. The highest BCUT2D eigenvalue weighted by atomic mass is 32.2. The lowest BCUT2D eigenvalue weighted by atomic mass is 10.3. The summed E-state index contributed by atoms with van der Waals surface area (Å²) in [6, 6.07) is 0. The summed E-state index contributed by atoms with van der Waals surface area (Å²) in [7, 11) is 0. The van der Waals surface area contributed by atoms with E-state index in [1.807, 2.05) is 22.6 Å². The Bertz CT molecular complexity index is 315. The number of hydrogen-bond donors (Lipinski definition) is 1. The molecule has 1 saturated heterocycles. The Morgan fingerprint density at radius 1 is 1.73 bits per heavy atom. The minimum atomic E-state index is 0.401. The summed E-state index contributed by atoms with van der Waals surface area (Å²) in [5, 5.41) is 4.80. The molecule has 5 heteroatoms. The van der Waals surface area contributed by atoms with E-state index in [-0.39, 0.29) is 0 Å². The number of anilines is 1. The van der Waals surface area contributed by atoms with E-state index in [1.54, 1.807) is 6.20 Å². The van der Waals surface area contributed by atoms with E-state index >= 15 is 0 Å². The Morgan fingerprint density at radius 3 is 3.20 bits per heavy atom. The van der Waals surface area contributed by atoms with Gasteiger partial charge in [0.25, 0.3) is 0 Å². The molecule has 1 fully saturated rings. The van der Waals surface area contributed by atoms with Crippen LogP contribution in [0.1, 0.15) is 13.3 Å². The van der Waals surface area contributed by atoms with Gasteiger partial charge in [0, 0.05) is 23.8 Å². The van der Waals surface area contributed by atoms with Gasteiger partial charge in [-0.25, -0.2) is 0 Å². The van der Waals surface area contributed by atoms with Crippen molar-refractivity contribution in [3.05, 3.63) is 12.4 Å². The van der Waals surface area contributed by atoms with Crippen LogP contribution in [0, 0.1) is 0 Å². The van der Waals surface area contributed by atoms with Crippen molar-refractivity contribution in [3.8, 4) is 0 Å². The summed E-state index contributed by atoms with van der Waals surface area (Å²) < 4.78 is 7.40. The zero-order chi connectivity index (χ0) is 10.7. The smallest absolute Gasteiger partial charge is 0.0719 e. The molecular weight excluding hydrogens is 210 g/mol. The third-order valence-corrected chi connectivity index (χ3v) is 4.08. The van der Waals surface area contributed by atoms with Crippen molar-refractivity contribution >= 4 is 17.4 Å². The molecule has 84 valence electrons. The first kappa shape index (κ1) is 10.8. The maximum absolute atomic E-state index is 5.58. The Labute approximate surface area is 94.2 Å². The highest BCUT2D eigenvalue weighted by Crippen LogP contribution is 2.26. The van der Waals surface area contributed by atoms with Crippen molar-refractivity contribution in [2.45, 2.75) is 31.2 Å². The van der Waals surface area contributed by atoms with Crippen molar-refractivity contribution in [2.75, 3.05) is 18.1 Å². The molecule has 0 aliphatic carbocycles. The third-order valence-electron chi connectivity index (χ3n) is 2.61. The van der Waals surface area contributed by atoms with Crippen LogP contribution >= 0.6 is 11.8 Å². The van der Waals surface area contributed by atoms with Gasteiger partial charge in [-0.05, 0) is 13.3 Å². The third kappa shape index (κ3) is 2.89. The number of nitrogens with zero attached hydrogens (tertiary/aromatic N) is 2. The number of thioether (sulfide) groups is 1. The van der Waals surface area contributed by atoms with Gasteiger partial charge in [-0.3, -0.25) is 4.68 Å². The molecule has 0 bridgehead atoms. The van der Waals surface area contributed by atoms with Crippen LogP contribution in [-0.2, 0) is 11.3 Å². The fourth-order valence-electron chi connectivity index (χ4n) is 1.73. The van der Waals surface area contributed by atoms with Gasteiger partial charge in [-0.1, -0.05) is 0 Å². The zero-order valence-corrected chi connectivity index (χ0v) is 9.74. The van der Waals surface area contributed by atoms with E-state index in [2.05, 4.69) is 12.0 Å². The summed E-state index contributed by atoms with van der Waals surface area (Å²) in [4.78, 5) is 0. The lowest BCUT2D eigenvalue weighted by Gasteiger charge is -2.12. The molecule has 1 aliphatic rings. The predicted molar refractivity (Wildman–Crippen MR) is 62.9 cm³/mol. The van der Waals surface area contributed by atoms with Crippen LogP contribution in [0.25, 0.3) is 0 Å². The van der Waals surface area contributed by atoms with E-state index < -0.39 is 0 Å². The molecule has 1 aliphatic heterocycles. The summed E-state index contributed by atoms with van der Waals surface area (Å²) in [6.45, 7) is 3.98. The quantitative estimate of drug-likeness (QED) is 0.844. The van der Waals surface area contributed by atoms with Gasteiger partial charge in [-0.2, -0.15) is 16.9 Å². The van der Waals surface area contributed by atoms with Gasteiger partial charge in [0.1, 0.15) is 0 Å². The maximum Gasteiger partial charge on any atom is 0.0719 e. The maximum atomic E-state index is 5.58. The lowest BCUT2D eigenvalue weighted by Crippen LogP contribution is -2.15. The first-order chi connectivity index (χ1) is 7.25. The number of nitrogen functional groups attached to an aromatic ring is 1. The second kappa shape index (κ2) is 4.90. The summed E-state index contributed by atoms with van der Waals surface area (Å²) in [5.74, 6) is 1.07. The molecule has 2 N–H and O–H groups in total. The Morgan fingerprint density at radius 2 is 2.60 bits per heavy atom. The van der Waals surface area contributed by atoms with Crippen molar-refractivity contribution in [3.63, 3.8) is 0 Å². The molecule has 4 nitrogen and oxygen atoms in total. The molecule has 2 rings (SSSR count). The molecule has 2 unspecified atom stereocenters. The first-order valence-electron chi connectivity index (χ1n) is 5.27. The minimum absolute atomic E-state index is 0.401. The zero-order valence-electron chi connectivity index (χ0n) is 8.93. The highest BCUT2D eigenvalue weighted by Gasteiger charge is 2.23. The average molecular weight is 227 g/mol. The van der Waals surface area contributed by atoms with Gasteiger partial charge >= 0.3 is 0 Å². The lowest BCUT2D eigenvalue weighted by molar-refractivity contribution is 0.127. The first-order valence-corrected chi connectivity index (χ1v) is 6.32. The molecule has 0 spiro atoms. The van der Waals surface area contributed by atoms with Crippen LogP contribution in [0.4, 0.5) is 5.69 Å². The molecule has 2 heterocycles. The van der Waals surface area contributed by atoms with Crippen molar-refractivity contribution in [2.24, 2.45) is 0 Å². The van der Waals surface area contributed by atoms with E-state index in [1.165, 1.54) is 6.42 Å². The number of aryl methyl sites for hydroxylation is 1. The number of nitrogens with two attached hydrogens (primary N) is 1. The van der Waals surface area contributed by atoms with Crippen molar-refractivity contribution < 1.29 is 4.74 Å². The summed E-state index contributed by atoms with van der Waals surface area (Å²) in [5.41, 5.74) is 6.32. The highest BCUT2D eigenvalue weighted by molar-refractivity contribution is 7.99. The van der Waals surface area contributed by atoms with E-state index in [4.69, 9.17) is 10.5 Å². The summed E-state index contributed by atoms with van der Waals surface area (Å²) in [6.07, 6.45) is 5.13. The van der Waals surface area contributed by atoms with E-state index in [0.717, 1.165) is 24.6 Å². The SMILES string of the molecule is CC1OCCC1SCCn1cc(N)cn1. The molecule has 0 amide bonds. The van der Waals surface area contributed by atoms with Crippen LogP contribution in [0.5, 0.6) is 0 Å². The Kier molecular flexibility index (Phi) is 3.53. The summed E-state index contributed by atoms with van der Waals surface area (Å²) >= 11 is 1.97.